The van der Waals surface area contributed by atoms with Crippen LogP contribution in [-0.2, 0) is 0 Å². The van der Waals surface area contributed by atoms with E-state index in [1.807, 2.05) is 0 Å². The van der Waals surface area contributed by atoms with E-state index in [9.17, 15) is 4.79 Å². The maximum Gasteiger partial charge on any atom is 0.252 e. The van der Waals surface area contributed by atoms with Crippen LogP contribution in [-0.4, -0.2) is 17.1 Å². The monoisotopic (exact) mass is 223 g/mol. The molecule has 0 fully saturated rings. The summed E-state index contributed by atoms with van der Waals surface area (Å²) in [5.41, 5.74) is 0.361. The van der Waals surface area contributed by atoms with Crippen molar-refractivity contribution in [1.29, 1.82) is 0 Å². The fourth-order valence-corrected chi connectivity index (χ4v) is 1.15. The van der Waals surface area contributed by atoms with Crippen molar-refractivity contribution in [3.63, 3.8) is 0 Å². The molecule has 1 aromatic carbocycles. The second-order valence-electron chi connectivity index (χ2n) is 3.03. The molecule has 4 heteroatoms. The van der Waals surface area contributed by atoms with E-state index in [4.69, 9.17) is 23.1 Å². The number of benzene rings is 1. The molecule has 3 nitrogen and oxygen atoms in total. The van der Waals surface area contributed by atoms with E-state index < -0.39 is 0 Å². The van der Waals surface area contributed by atoms with Gasteiger partial charge >= 0.3 is 0 Å². The van der Waals surface area contributed by atoms with Crippen molar-refractivity contribution in [3.05, 3.63) is 28.8 Å². The molecule has 78 valence electrons. The van der Waals surface area contributed by atoms with Crippen LogP contribution in [0.5, 0.6) is 5.75 Å². The van der Waals surface area contributed by atoms with Crippen LogP contribution in [0.2, 0.25) is 5.02 Å². The van der Waals surface area contributed by atoms with Crippen LogP contribution >= 0.6 is 11.6 Å². The summed E-state index contributed by atoms with van der Waals surface area (Å²) < 4.78 is 0. The Morgan fingerprint density at radius 3 is 2.87 bits per heavy atom. The number of phenols is 1. The van der Waals surface area contributed by atoms with Crippen molar-refractivity contribution in [2.75, 3.05) is 0 Å². The predicted molar refractivity (Wildman–Crippen MR) is 58.9 cm³/mol. The molecule has 15 heavy (non-hydrogen) atoms. The van der Waals surface area contributed by atoms with Crippen molar-refractivity contribution in [2.45, 2.75) is 13.0 Å². The number of rotatable bonds is 2. The fourth-order valence-electron chi connectivity index (χ4n) is 0.970. The smallest absolute Gasteiger partial charge is 0.252 e. The lowest BCUT2D eigenvalue weighted by Crippen LogP contribution is -2.31. The molecule has 0 radical (unpaired) electrons. The zero-order chi connectivity index (χ0) is 11.4. The quantitative estimate of drug-likeness (QED) is 0.752. The van der Waals surface area contributed by atoms with E-state index in [0.29, 0.717) is 5.56 Å². The van der Waals surface area contributed by atoms with Gasteiger partial charge in [0.2, 0.25) is 0 Å². The van der Waals surface area contributed by atoms with Gasteiger partial charge in [0.1, 0.15) is 5.75 Å². The SMILES string of the molecule is C#CC(C)NC(=O)c1ccc(O)c(Cl)c1. The Balaban J connectivity index is 2.84. The summed E-state index contributed by atoms with van der Waals surface area (Å²) >= 11 is 5.66. The molecule has 0 aliphatic rings. The summed E-state index contributed by atoms with van der Waals surface area (Å²) in [4.78, 5) is 11.5. The summed E-state index contributed by atoms with van der Waals surface area (Å²) in [6, 6.07) is 3.87. The summed E-state index contributed by atoms with van der Waals surface area (Å²) in [6.45, 7) is 1.69. The highest BCUT2D eigenvalue weighted by Crippen LogP contribution is 2.23. The number of amides is 1. The Morgan fingerprint density at radius 2 is 2.33 bits per heavy atom. The first kappa shape index (κ1) is 11.4. The second kappa shape index (κ2) is 4.72. The number of carbonyl (C=O) groups is 1. The summed E-state index contributed by atoms with van der Waals surface area (Å²) in [5, 5.41) is 11.9. The van der Waals surface area contributed by atoms with Gasteiger partial charge < -0.3 is 10.4 Å². The molecule has 0 heterocycles. The molecule has 0 saturated carbocycles. The highest BCUT2D eigenvalue weighted by molar-refractivity contribution is 6.32. The van der Waals surface area contributed by atoms with Crippen LogP contribution < -0.4 is 5.32 Å². The van der Waals surface area contributed by atoms with Gasteiger partial charge in [-0.25, -0.2) is 0 Å². The number of hydrogen-bond acceptors (Lipinski definition) is 2. The van der Waals surface area contributed by atoms with Gasteiger partial charge in [-0.05, 0) is 25.1 Å². The molecule has 0 spiro atoms. The predicted octanol–water partition coefficient (Wildman–Crippen LogP) is 1.80. The average Bonchev–Trinajstić information content (AvgIpc) is 2.21. The summed E-state index contributed by atoms with van der Waals surface area (Å²) in [6.07, 6.45) is 5.12. The van der Waals surface area contributed by atoms with Gasteiger partial charge in [-0.1, -0.05) is 17.5 Å². The van der Waals surface area contributed by atoms with Crippen LogP contribution in [0, 0.1) is 12.3 Å². The number of carbonyl (C=O) groups excluding carboxylic acids is 1. The molecular weight excluding hydrogens is 214 g/mol. The summed E-state index contributed by atoms with van der Waals surface area (Å²) in [5.74, 6) is 2.00. The van der Waals surface area contributed by atoms with Gasteiger partial charge in [0.15, 0.2) is 0 Å². The first-order valence-corrected chi connectivity index (χ1v) is 4.68. The molecule has 0 saturated heterocycles. The molecule has 0 aliphatic heterocycles. The number of aromatic hydroxyl groups is 1. The summed E-state index contributed by atoms with van der Waals surface area (Å²) in [7, 11) is 0. The molecule has 1 aromatic rings. The maximum atomic E-state index is 11.5. The van der Waals surface area contributed by atoms with Crippen LogP contribution in [0.3, 0.4) is 0 Å². The lowest BCUT2D eigenvalue weighted by atomic mass is 10.2. The Morgan fingerprint density at radius 1 is 1.67 bits per heavy atom. The third-order valence-electron chi connectivity index (χ3n) is 1.81. The van der Waals surface area contributed by atoms with E-state index in [2.05, 4.69) is 11.2 Å². The largest absolute Gasteiger partial charge is 0.506 e. The van der Waals surface area contributed by atoms with E-state index in [0.717, 1.165) is 0 Å². The Labute approximate surface area is 93.1 Å². The standard InChI is InChI=1S/C11H10ClNO2/c1-3-7(2)13-11(15)8-4-5-10(14)9(12)6-8/h1,4-7,14H,2H3,(H,13,15). The Hall–Kier alpha value is -1.66. The fraction of sp³-hybridized carbons (Fsp3) is 0.182. The van der Waals surface area contributed by atoms with Gasteiger partial charge in [-0.15, -0.1) is 6.42 Å². The second-order valence-corrected chi connectivity index (χ2v) is 3.44. The van der Waals surface area contributed by atoms with E-state index >= 15 is 0 Å². The van der Waals surface area contributed by atoms with Crippen LogP contribution in [0.25, 0.3) is 0 Å². The van der Waals surface area contributed by atoms with Crippen molar-refractivity contribution in [2.24, 2.45) is 0 Å². The van der Waals surface area contributed by atoms with Crippen molar-refractivity contribution in [1.82, 2.24) is 5.32 Å². The number of hydrogen-bond donors (Lipinski definition) is 2. The first-order valence-electron chi connectivity index (χ1n) is 4.30. The third kappa shape index (κ3) is 2.90. The maximum absolute atomic E-state index is 11.5. The normalized spacial score (nSPS) is 11.5. The lowest BCUT2D eigenvalue weighted by molar-refractivity contribution is 0.0948. The highest BCUT2D eigenvalue weighted by Gasteiger charge is 2.09. The van der Waals surface area contributed by atoms with Gasteiger partial charge in [-0.2, -0.15) is 0 Å². The molecule has 2 N–H and O–H groups in total. The molecule has 0 aliphatic carbocycles. The van der Waals surface area contributed by atoms with E-state index in [1.54, 1.807) is 6.92 Å². The van der Waals surface area contributed by atoms with E-state index in [1.165, 1.54) is 18.2 Å². The molecular formula is C11H10ClNO2. The third-order valence-corrected chi connectivity index (χ3v) is 2.11. The highest BCUT2D eigenvalue weighted by atomic mass is 35.5. The number of phenolic OH excluding ortho intramolecular Hbond substituents is 1. The molecule has 0 aromatic heterocycles. The molecule has 1 unspecified atom stereocenters. The molecule has 1 amide bonds. The van der Waals surface area contributed by atoms with E-state index in [-0.39, 0.29) is 22.7 Å². The van der Waals surface area contributed by atoms with Gasteiger partial charge in [0, 0.05) is 5.56 Å². The zero-order valence-corrected chi connectivity index (χ0v) is 8.88. The molecule has 1 atom stereocenters. The van der Waals surface area contributed by atoms with Crippen molar-refractivity contribution in [3.8, 4) is 18.1 Å². The minimum absolute atomic E-state index is 0.0572. The van der Waals surface area contributed by atoms with Gasteiger partial charge in [-0.3, -0.25) is 4.79 Å². The molecule has 0 bridgehead atoms. The molecule has 1 rings (SSSR count). The minimum atomic E-state index is -0.343. The van der Waals surface area contributed by atoms with Gasteiger partial charge in [0.25, 0.3) is 5.91 Å². The topological polar surface area (TPSA) is 49.3 Å². The number of terminal acetylenes is 1. The number of nitrogens with one attached hydrogen (secondary N) is 1. The average molecular weight is 224 g/mol. The van der Waals surface area contributed by atoms with Gasteiger partial charge in [0.05, 0.1) is 11.1 Å². The minimum Gasteiger partial charge on any atom is -0.506 e. The Kier molecular flexibility index (Phi) is 3.59. The van der Waals surface area contributed by atoms with Crippen molar-refractivity contribution >= 4 is 17.5 Å². The van der Waals surface area contributed by atoms with Crippen LogP contribution in [0.1, 0.15) is 17.3 Å². The first-order chi connectivity index (χ1) is 7.04. The number of halogens is 1. The zero-order valence-electron chi connectivity index (χ0n) is 8.12. The van der Waals surface area contributed by atoms with Crippen LogP contribution in [0.4, 0.5) is 0 Å². The Bertz CT molecular complexity index is 423. The van der Waals surface area contributed by atoms with Crippen LogP contribution in [0.15, 0.2) is 18.2 Å². The van der Waals surface area contributed by atoms with Crippen molar-refractivity contribution < 1.29 is 9.90 Å². The lowest BCUT2D eigenvalue weighted by Gasteiger charge is -2.08.